The van der Waals surface area contributed by atoms with Crippen molar-refractivity contribution in [1.82, 2.24) is 23.9 Å². The summed E-state index contributed by atoms with van der Waals surface area (Å²) in [5.74, 6) is 0.434. The van der Waals surface area contributed by atoms with Crippen LogP contribution in [0.25, 0.3) is 0 Å². The van der Waals surface area contributed by atoms with E-state index in [4.69, 9.17) is 4.74 Å². The van der Waals surface area contributed by atoms with E-state index in [1.54, 1.807) is 10.6 Å². The van der Waals surface area contributed by atoms with Gasteiger partial charge in [0.15, 0.2) is 0 Å². The van der Waals surface area contributed by atoms with E-state index in [9.17, 15) is 9.59 Å². The number of fused-ring (bicyclic) bond motifs is 4. The third kappa shape index (κ3) is 3.83. The quantitative estimate of drug-likeness (QED) is 0.742. The van der Waals surface area contributed by atoms with Crippen LogP contribution in [-0.4, -0.2) is 68.7 Å². The highest BCUT2D eigenvalue weighted by molar-refractivity contribution is 5.81. The molecule has 8 nitrogen and oxygen atoms in total. The first-order valence-corrected chi connectivity index (χ1v) is 11.4. The summed E-state index contributed by atoms with van der Waals surface area (Å²) in [6.45, 7) is 9.18. The molecule has 0 radical (unpaired) electrons. The van der Waals surface area contributed by atoms with Gasteiger partial charge < -0.3 is 14.2 Å². The smallest absolute Gasteiger partial charge is 0.251 e. The Bertz CT molecular complexity index is 1010. The summed E-state index contributed by atoms with van der Waals surface area (Å²) in [6.07, 6.45) is 4.94. The van der Waals surface area contributed by atoms with Crippen LogP contribution in [0.1, 0.15) is 43.6 Å². The zero-order valence-electron chi connectivity index (χ0n) is 18.3. The number of nitrogens with zero attached hydrogens (tertiary/aromatic N) is 5. The van der Waals surface area contributed by atoms with Crippen molar-refractivity contribution in [2.75, 3.05) is 32.8 Å². The Labute approximate surface area is 182 Å². The van der Waals surface area contributed by atoms with Gasteiger partial charge in [0, 0.05) is 69.1 Å². The zero-order chi connectivity index (χ0) is 21.5. The molecule has 3 aliphatic rings. The molecule has 5 rings (SSSR count). The second-order valence-electron chi connectivity index (χ2n) is 9.15. The third-order valence-electron chi connectivity index (χ3n) is 6.97. The van der Waals surface area contributed by atoms with Crippen LogP contribution in [0, 0.1) is 5.92 Å². The number of carbonyl (C=O) groups is 1. The number of morpholine rings is 1. The molecule has 0 aliphatic carbocycles. The van der Waals surface area contributed by atoms with Gasteiger partial charge in [0.2, 0.25) is 5.91 Å². The third-order valence-corrected chi connectivity index (χ3v) is 6.97. The first-order chi connectivity index (χ1) is 15.0. The van der Waals surface area contributed by atoms with E-state index in [0.717, 1.165) is 44.0 Å². The highest BCUT2D eigenvalue weighted by Crippen LogP contribution is 2.42. The van der Waals surface area contributed by atoms with Crippen molar-refractivity contribution >= 4 is 5.91 Å². The van der Waals surface area contributed by atoms with E-state index in [1.807, 2.05) is 30.3 Å². The van der Waals surface area contributed by atoms with E-state index in [-0.39, 0.29) is 29.4 Å². The predicted molar refractivity (Wildman–Crippen MR) is 116 cm³/mol. The average molecular weight is 426 g/mol. The maximum atomic E-state index is 13.7. The number of aromatic nitrogens is 3. The molecule has 166 valence electrons. The standard InChI is InChI=1S/C23H31N5O3/c1-3-25-13-19(24-15-25)14-26-11-17-9-18(12-26)22(28-20(17)5-4-6-21(28)29)23(30)27-7-8-31-16(2)10-27/h4-6,13,15-18,22H,3,7-12,14H2,1-2H3/t16-,17+,18-,22+/m0/s1. The number of likely N-dealkylation sites (tertiary alicyclic amines) is 1. The lowest BCUT2D eigenvalue weighted by molar-refractivity contribution is -0.145. The second kappa shape index (κ2) is 8.24. The van der Waals surface area contributed by atoms with Gasteiger partial charge in [-0.1, -0.05) is 6.07 Å². The molecule has 1 amide bonds. The van der Waals surface area contributed by atoms with E-state index >= 15 is 0 Å². The fourth-order valence-electron chi connectivity index (χ4n) is 5.57. The Hall–Kier alpha value is -2.45. The minimum absolute atomic E-state index is 0.0255. The second-order valence-corrected chi connectivity index (χ2v) is 9.15. The summed E-state index contributed by atoms with van der Waals surface area (Å²) in [5.41, 5.74) is 1.98. The minimum Gasteiger partial charge on any atom is -0.375 e. The average Bonchev–Trinajstić information content (AvgIpc) is 3.22. The maximum Gasteiger partial charge on any atom is 0.251 e. The number of ether oxygens (including phenoxy) is 1. The molecule has 8 heteroatoms. The molecule has 2 fully saturated rings. The predicted octanol–water partition coefficient (Wildman–Crippen LogP) is 1.47. The van der Waals surface area contributed by atoms with Crippen molar-refractivity contribution in [3.05, 3.63) is 52.5 Å². The minimum atomic E-state index is -0.443. The van der Waals surface area contributed by atoms with Crippen molar-refractivity contribution in [2.24, 2.45) is 5.92 Å². The summed E-state index contributed by atoms with van der Waals surface area (Å²) in [7, 11) is 0. The van der Waals surface area contributed by atoms with Gasteiger partial charge in [-0.05, 0) is 26.3 Å². The van der Waals surface area contributed by atoms with E-state index in [0.29, 0.717) is 19.7 Å². The summed E-state index contributed by atoms with van der Waals surface area (Å²) >= 11 is 0. The molecular weight excluding hydrogens is 394 g/mol. The zero-order valence-corrected chi connectivity index (χ0v) is 18.3. The topological polar surface area (TPSA) is 72.6 Å². The molecule has 3 aliphatic heterocycles. The van der Waals surface area contributed by atoms with Gasteiger partial charge in [-0.2, -0.15) is 0 Å². The van der Waals surface area contributed by atoms with Crippen molar-refractivity contribution in [3.63, 3.8) is 0 Å². The van der Waals surface area contributed by atoms with Crippen LogP contribution in [0.5, 0.6) is 0 Å². The number of rotatable bonds is 4. The molecule has 4 atom stereocenters. The number of piperidine rings is 1. The fourth-order valence-corrected chi connectivity index (χ4v) is 5.57. The Morgan fingerprint density at radius 3 is 2.90 bits per heavy atom. The lowest BCUT2D eigenvalue weighted by atomic mass is 9.78. The van der Waals surface area contributed by atoms with Crippen LogP contribution < -0.4 is 5.56 Å². The Kier molecular flexibility index (Phi) is 5.44. The molecule has 0 N–H and O–H groups in total. The number of hydrogen-bond donors (Lipinski definition) is 0. The van der Waals surface area contributed by atoms with Crippen molar-refractivity contribution in [3.8, 4) is 0 Å². The number of imidazole rings is 1. The van der Waals surface area contributed by atoms with Crippen LogP contribution in [0.3, 0.4) is 0 Å². The van der Waals surface area contributed by atoms with Gasteiger partial charge in [-0.3, -0.25) is 19.1 Å². The van der Waals surface area contributed by atoms with Gasteiger partial charge >= 0.3 is 0 Å². The van der Waals surface area contributed by atoms with Crippen LogP contribution in [0.15, 0.2) is 35.5 Å². The lowest BCUT2D eigenvalue weighted by Gasteiger charge is -2.47. The molecule has 2 saturated heterocycles. The van der Waals surface area contributed by atoms with E-state index < -0.39 is 6.04 Å². The van der Waals surface area contributed by atoms with Crippen LogP contribution in [0.2, 0.25) is 0 Å². The van der Waals surface area contributed by atoms with Gasteiger partial charge in [-0.15, -0.1) is 0 Å². The maximum absolute atomic E-state index is 13.7. The fraction of sp³-hybridized carbons (Fsp3) is 0.609. The monoisotopic (exact) mass is 425 g/mol. The molecule has 2 bridgehead atoms. The van der Waals surface area contributed by atoms with Crippen molar-refractivity contribution in [2.45, 2.75) is 51.4 Å². The van der Waals surface area contributed by atoms with Gasteiger partial charge in [0.25, 0.3) is 5.56 Å². The molecule has 2 aromatic heterocycles. The molecule has 0 saturated carbocycles. The first kappa shape index (κ1) is 20.5. The molecule has 5 heterocycles. The summed E-state index contributed by atoms with van der Waals surface area (Å²) in [5, 5.41) is 0. The largest absolute Gasteiger partial charge is 0.375 e. The Balaban J connectivity index is 1.45. The number of aryl methyl sites for hydroxylation is 1. The summed E-state index contributed by atoms with van der Waals surface area (Å²) in [6, 6.07) is 5.00. The van der Waals surface area contributed by atoms with Crippen LogP contribution >= 0.6 is 0 Å². The van der Waals surface area contributed by atoms with Crippen molar-refractivity contribution in [1.29, 1.82) is 0 Å². The molecular formula is C23H31N5O3. The molecule has 2 aromatic rings. The molecule has 0 spiro atoms. The van der Waals surface area contributed by atoms with Gasteiger partial charge in [-0.25, -0.2) is 4.98 Å². The van der Waals surface area contributed by atoms with Gasteiger partial charge in [0.1, 0.15) is 6.04 Å². The van der Waals surface area contributed by atoms with E-state index in [1.165, 1.54) is 0 Å². The van der Waals surface area contributed by atoms with E-state index in [2.05, 4.69) is 27.6 Å². The summed E-state index contributed by atoms with van der Waals surface area (Å²) < 4.78 is 9.52. The first-order valence-electron chi connectivity index (χ1n) is 11.4. The number of amides is 1. The number of pyridine rings is 1. The van der Waals surface area contributed by atoms with Crippen LogP contribution in [0.4, 0.5) is 0 Å². The number of carbonyl (C=O) groups excluding carboxylic acids is 1. The van der Waals surface area contributed by atoms with Gasteiger partial charge in [0.05, 0.1) is 24.7 Å². The molecule has 0 aromatic carbocycles. The Morgan fingerprint density at radius 1 is 1.26 bits per heavy atom. The number of hydrogen-bond acceptors (Lipinski definition) is 5. The highest BCUT2D eigenvalue weighted by Gasteiger charge is 2.45. The lowest BCUT2D eigenvalue weighted by Crippen LogP contribution is -2.55. The molecule has 31 heavy (non-hydrogen) atoms. The molecule has 0 unspecified atom stereocenters. The normalized spacial score (nSPS) is 28.4. The van der Waals surface area contributed by atoms with Crippen LogP contribution in [-0.2, 0) is 22.6 Å². The highest BCUT2D eigenvalue weighted by atomic mass is 16.5. The Morgan fingerprint density at radius 2 is 2.13 bits per heavy atom. The SMILES string of the molecule is CCn1cnc(CN2C[C@H]3C[C@@H](C2)[C@H](C(=O)N2CCO[C@@H](C)C2)n2c3cccc2=O)c1. The van der Waals surface area contributed by atoms with Crippen molar-refractivity contribution < 1.29 is 9.53 Å². The summed E-state index contributed by atoms with van der Waals surface area (Å²) in [4.78, 5) is 35.5.